The summed E-state index contributed by atoms with van der Waals surface area (Å²) in [6.45, 7) is 11.3. The molecule has 0 bridgehead atoms. The molecule has 2 aromatic rings. The summed E-state index contributed by atoms with van der Waals surface area (Å²) in [4.78, 5) is 15.4. The van der Waals surface area contributed by atoms with E-state index in [2.05, 4.69) is 28.3 Å². The Hall–Kier alpha value is -2.24. The van der Waals surface area contributed by atoms with Crippen molar-refractivity contribution in [3.8, 4) is 0 Å². The van der Waals surface area contributed by atoms with Gasteiger partial charge in [0, 0.05) is 0 Å². The van der Waals surface area contributed by atoms with Gasteiger partial charge in [-0.25, -0.2) is 4.79 Å². The van der Waals surface area contributed by atoms with E-state index in [-0.39, 0.29) is 11.3 Å². The molecule has 2 rings (SSSR count). The van der Waals surface area contributed by atoms with Crippen molar-refractivity contribution in [3.05, 3.63) is 36.9 Å². The van der Waals surface area contributed by atoms with E-state index >= 15 is 0 Å². The molecule has 0 amide bonds. The lowest BCUT2D eigenvalue weighted by Gasteiger charge is -2.18. The zero-order valence-corrected chi connectivity index (χ0v) is 11.2. The predicted molar refractivity (Wildman–Crippen MR) is 70.3 cm³/mol. The fourth-order valence-corrected chi connectivity index (χ4v) is 1.36. The molecule has 0 aliphatic heterocycles. The van der Waals surface area contributed by atoms with Crippen molar-refractivity contribution in [2.75, 3.05) is 0 Å². The number of nitrogens with zero attached hydrogens (tertiary/aromatic N) is 2. The molecule has 102 valence electrons. The van der Waals surface area contributed by atoms with E-state index in [1.165, 1.54) is 12.1 Å². The van der Waals surface area contributed by atoms with E-state index < -0.39 is 17.5 Å². The third-order valence-electron chi connectivity index (χ3n) is 1.99. The van der Waals surface area contributed by atoms with Crippen molar-refractivity contribution in [1.82, 2.24) is 15.2 Å². The topological polar surface area (TPSA) is 67.9 Å². The quantitative estimate of drug-likeness (QED) is 0.489. The first-order valence-corrected chi connectivity index (χ1v) is 5.61. The van der Waals surface area contributed by atoms with Gasteiger partial charge in [0.1, 0.15) is 5.60 Å². The van der Waals surface area contributed by atoms with Crippen LogP contribution >= 0.6 is 0 Å². The van der Waals surface area contributed by atoms with Crippen LogP contribution in [0.5, 0.6) is 0 Å². The molecular weight excluding hydrogens is 249 g/mol. The molecule has 5 nitrogen and oxygen atoms in total. The lowest BCUT2D eigenvalue weighted by atomic mass is 10.2. The summed E-state index contributed by atoms with van der Waals surface area (Å²) in [6.07, 6.45) is 0. The van der Waals surface area contributed by atoms with Crippen molar-refractivity contribution in [2.45, 2.75) is 26.4 Å². The van der Waals surface area contributed by atoms with Gasteiger partial charge < -0.3 is 4.74 Å². The van der Waals surface area contributed by atoms with Gasteiger partial charge in [-0.1, -0.05) is 0 Å². The Morgan fingerprint density at radius 2 is 2.00 bits per heavy atom. The highest BCUT2D eigenvalue weighted by molar-refractivity contribution is 6.00. The maximum Gasteiger partial charge on any atom is 0.357 e. The Bertz CT molecular complexity index is 587. The minimum atomic E-state index is -0.639. The molecule has 0 unspecified atom stereocenters. The summed E-state index contributed by atoms with van der Waals surface area (Å²) in [5, 5.41) is 6.71. The number of hydrogen-bond acceptors (Lipinski definition) is 4. The van der Waals surface area contributed by atoms with Crippen LogP contribution in [-0.4, -0.2) is 26.8 Å². The summed E-state index contributed by atoms with van der Waals surface area (Å²) in [6, 6.07) is 2.62. The molecule has 2 aromatic heterocycles. The molecule has 1 N–H and O–H groups in total. The van der Waals surface area contributed by atoms with Crippen LogP contribution in [0, 0.1) is 5.95 Å². The second-order valence-corrected chi connectivity index (χ2v) is 4.61. The van der Waals surface area contributed by atoms with Crippen LogP contribution in [0.3, 0.4) is 0 Å². The van der Waals surface area contributed by atoms with E-state index in [0.29, 0.717) is 5.39 Å². The maximum absolute atomic E-state index is 12.8. The zero-order chi connectivity index (χ0) is 14.6. The van der Waals surface area contributed by atoms with Crippen molar-refractivity contribution in [3.63, 3.8) is 0 Å². The highest BCUT2D eigenvalue weighted by Crippen LogP contribution is 2.17. The smallest absolute Gasteiger partial charge is 0.357 e. The lowest BCUT2D eigenvalue weighted by molar-refractivity contribution is 0.00650. The normalized spacial score (nSPS) is 10.7. The first kappa shape index (κ1) is 14.8. The number of ether oxygens (including phenoxy) is 1. The second kappa shape index (κ2) is 5.60. The summed E-state index contributed by atoms with van der Waals surface area (Å²) in [5.41, 5.74) is -0.254. The molecule has 0 aliphatic carbocycles. The van der Waals surface area contributed by atoms with Crippen molar-refractivity contribution in [1.29, 1.82) is 0 Å². The average Bonchev–Trinajstić information content (AvgIpc) is 2.72. The number of rotatable bonds is 1. The Labute approximate surface area is 110 Å². The summed E-state index contributed by atoms with van der Waals surface area (Å²) >= 11 is 0. The fraction of sp³-hybridized carbons (Fsp3) is 0.308. The average molecular weight is 265 g/mol. The van der Waals surface area contributed by atoms with Crippen LogP contribution < -0.4 is 0 Å². The molecule has 19 heavy (non-hydrogen) atoms. The largest absolute Gasteiger partial charge is 0.455 e. The van der Waals surface area contributed by atoms with Crippen LogP contribution in [0.1, 0.15) is 31.3 Å². The van der Waals surface area contributed by atoms with Crippen LogP contribution in [0.25, 0.3) is 11.0 Å². The van der Waals surface area contributed by atoms with E-state index in [1.54, 1.807) is 20.8 Å². The van der Waals surface area contributed by atoms with Crippen molar-refractivity contribution in [2.24, 2.45) is 0 Å². The standard InChI is InChI=1S/C11H12FN3O2.C2H4/c1-11(2,3)17-10(16)8-6-4-5-7(12)13-9(6)15-14-8;1-2/h4-5H,1-3H3,(H,13,14,15);1-2H2. The molecule has 2 heterocycles. The number of halogens is 1. The summed E-state index contributed by atoms with van der Waals surface area (Å²) in [7, 11) is 0. The third kappa shape index (κ3) is 3.61. The Morgan fingerprint density at radius 3 is 2.58 bits per heavy atom. The van der Waals surface area contributed by atoms with Gasteiger partial charge in [-0.3, -0.25) is 5.10 Å². The number of aromatic amines is 1. The number of nitrogens with one attached hydrogen (secondary N) is 1. The van der Waals surface area contributed by atoms with Crippen molar-refractivity contribution < 1.29 is 13.9 Å². The van der Waals surface area contributed by atoms with Crippen LogP contribution in [0.15, 0.2) is 25.3 Å². The van der Waals surface area contributed by atoms with Gasteiger partial charge in [-0.2, -0.15) is 14.5 Å². The minimum Gasteiger partial charge on any atom is -0.455 e. The predicted octanol–water partition coefficient (Wildman–Crippen LogP) is 2.85. The Morgan fingerprint density at radius 1 is 1.37 bits per heavy atom. The molecule has 0 spiro atoms. The molecule has 0 saturated carbocycles. The fourth-order valence-electron chi connectivity index (χ4n) is 1.36. The first-order valence-electron chi connectivity index (χ1n) is 5.61. The van der Waals surface area contributed by atoms with Gasteiger partial charge in [0.25, 0.3) is 0 Å². The molecule has 0 fully saturated rings. The van der Waals surface area contributed by atoms with Crippen LogP contribution in [0.4, 0.5) is 4.39 Å². The van der Waals surface area contributed by atoms with Gasteiger partial charge in [-0.15, -0.1) is 13.2 Å². The van der Waals surface area contributed by atoms with E-state index in [9.17, 15) is 9.18 Å². The number of carbonyl (C=O) groups excluding carboxylic acids is 1. The summed E-state index contributed by atoms with van der Waals surface area (Å²) < 4.78 is 18.0. The number of aromatic nitrogens is 3. The molecular formula is C13H16FN3O2. The van der Waals surface area contributed by atoms with E-state index in [4.69, 9.17) is 4.74 Å². The molecule has 0 aliphatic rings. The second-order valence-electron chi connectivity index (χ2n) is 4.61. The minimum absolute atomic E-state index is 0.158. The van der Waals surface area contributed by atoms with E-state index in [1.807, 2.05) is 0 Å². The molecule has 0 aromatic carbocycles. The van der Waals surface area contributed by atoms with Gasteiger partial charge in [-0.05, 0) is 32.9 Å². The number of hydrogen-bond donors (Lipinski definition) is 1. The number of H-pyrrole nitrogens is 1. The highest BCUT2D eigenvalue weighted by atomic mass is 19.1. The van der Waals surface area contributed by atoms with E-state index in [0.717, 1.165) is 0 Å². The molecule has 0 radical (unpaired) electrons. The van der Waals surface area contributed by atoms with Crippen LogP contribution in [0.2, 0.25) is 0 Å². The zero-order valence-electron chi connectivity index (χ0n) is 11.2. The molecule has 6 heteroatoms. The van der Waals surface area contributed by atoms with Crippen LogP contribution in [-0.2, 0) is 4.74 Å². The number of carbonyl (C=O) groups is 1. The maximum atomic E-state index is 12.8. The number of pyridine rings is 1. The Kier molecular flexibility index (Phi) is 4.37. The van der Waals surface area contributed by atoms with Gasteiger partial charge >= 0.3 is 5.97 Å². The van der Waals surface area contributed by atoms with Gasteiger partial charge in [0.05, 0.1) is 5.39 Å². The first-order chi connectivity index (χ1) is 8.87. The third-order valence-corrected chi connectivity index (χ3v) is 1.99. The summed E-state index contributed by atoms with van der Waals surface area (Å²) in [5.74, 6) is -1.17. The highest BCUT2D eigenvalue weighted by Gasteiger charge is 2.21. The van der Waals surface area contributed by atoms with Gasteiger partial charge in [0.15, 0.2) is 11.3 Å². The Balaban J connectivity index is 0.000000861. The lowest BCUT2D eigenvalue weighted by Crippen LogP contribution is -2.24. The molecule has 0 saturated heterocycles. The number of esters is 1. The SMILES string of the molecule is C=C.CC(C)(C)OC(=O)c1[nH]nc2nc(F)ccc12. The van der Waals surface area contributed by atoms with Crippen molar-refractivity contribution >= 4 is 17.0 Å². The number of fused-ring (bicyclic) bond motifs is 1. The van der Waals surface area contributed by atoms with Gasteiger partial charge in [0.2, 0.25) is 5.95 Å². The monoisotopic (exact) mass is 265 g/mol. The molecule has 0 atom stereocenters.